The summed E-state index contributed by atoms with van der Waals surface area (Å²) in [4.78, 5) is 11.6. The van der Waals surface area contributed by atoms with Crippen molar-refractivity contribution in [3.63, 3.8) is 0 Å². The topological polar surface area (TPSA) is 52.9 Å². The molecular formula is C13H16N2OS. The average Bonchev–Trinajstić information content (AvgIpc) is 2.35. The molecule has 0 spiro atoms. The van der Waals surface area contributed by atoms with Gasteiger partial charge < -0.3 is 5.32 Å². The lowest BCUT2D eigenvalue weighted by Crippen LogP contribution is -2.33. The highest BCUT2D eigenvalue weighted by Gasteiger charge is 2.16. The Balaban J connectivity index is 2.50. The number of rotatable bonds is 4. The van der Waals surface area contributed by atoms with Crippen molar-refractivity contribution in [1.29, 1.82) is 5.26 Å². The van der Waals surface area contributed by atoms with Crippen molar-refractivity contribution < 1.29 is 4.79 Å². The van der Waals surface area contributed by atoms with Crippen LogP contribution >= 0.6 is 12.6 Å². The SMILES string of the molecule is CC(C)C(S)C(=O)NCc1ccc(C#N)cc1. The molecular weight excluding hydrogens is 232 g/mol. The second-order valence-corrected chi connectivity index (χ2v) is 4.77. The predicted octanol–water partition coefficient (Wildman–Crippen LogP) is 2.13. The number of benzene rings is 1. The summed E-state index contributed by atoms with van der Waals surface area (Å²) in [6, 6.07) is 9.20. The quantitative estimate of drug-likeness (QED) is 0.802. The van der Waals surface area contributed by atoms with Crippen molar-refractivity contribution in [1.82, 2.24) is 5.32 Å². The molecule has 0 bridgehead atoms. The number of thiol groups is 1. The fourth-order valence-electron chi connectivity index (χ4n) is 1.29. The first kappa shape index (κ1) is 13.6. The number of carbonyl (C=O) groups is 1. The molecule has 0 radical (unpaired) electrons. The van der Waals surface area contributed by atoms with Crippen LogP contribution in [0, 0.1) is 17.2 Å². The number of nitrogens with zero attached hydrogens (tertiary/aromatic N) is 1. The molecule has 1 aromatic rings. The Labute approximate surface area is 107 Å². The van der Waals surface area contributed by atoms with E-state index in [2.05, 4.69) is 24.0 Å². The lowest BCUT2D eigenvalue weighted by atomic mass is 10.1. The summed E-state index contributed by atoms with van der Waals surface area (Å²) >= 11 is 4.24. The Hall–Kier alpha value is -1.47. The van der Waals surface area contributed by atoms with Crippen LogP contribution in [0.4, 0.5) is 0 Å². The van der Waals surface area contributed by atoms with E-state index in [4.69, 9.17) is 5.26 Å². The lowest BCUT2D eigenvalue weighted by Gasteiger charge is -2.14. The lowest BCUT2D eigenvalue weighted by molar-refractivity contribution is -0.121. The molecule has 0 aliphatic carbocycles. The number of nitriles is 1. The van der Waals surface area contributed by atoms with Gasteiger partial charge in [-0.2, -0.15) is 17.9 Å². The maximum atomic E-state index is 11.6. The number of amides is 1. The molecule has 0 aliphatic rings. The Morgan fingerprint density at radius 2 is 2.00 bits per heavy atom. The first-order valence-electron chi connectivity index (χ1n) is 5.49. The molecule has 0 saturated carbocycles. The zero-order valence-electron chi connectivity index (χ0n) is 9.97. The molecule has 1 atom stereocenters. The zero-order chi connectivity index (χ0) is 12.8. The molecule has 0 heterocycles. The zero-order valence-corrected chi connectivity index (χ0v) is 10.9. The Kier molecular flexibility index (Phi) is 5.05. The second-order valence-electron chi connectivity index (χ2n) is 4.22. The molecule has 1 rings (SSSR count). The van der Waals surface area contributed by atoms with Crippen molar-refractivity contribution >= 4 is 18.5 Å². The van der Waals surface area contributed by atoms with Gasteiger partial charge in [0.25, 0.3) is 0 Å². The van der Waals surface area contributed by atoms with Gasteiger partial charge in [-0.25, -0.2) is 0 Å². The molecule has 0 fully saturated rings. The molecule has 4 heteroatoms. The smallest absolute Gasteiger partial charge is 0.233 e. The van der Waals surface area contributed by atoms with Crippen LogP contribution in [0.1, 0.15) is 25.0 Å². The standard InChI is InChI=1S/C13H16N2OS/c1-9(2)12(17)13(16)15-8-11-5-3-10(7-14)4-6-11/h3-6,9,12,17H,8H2,1-2H3,(H,15,16). The number of nitrogens with one attached hydrogen (secondary N) is 1. The van der Waals surface area contributed by atoms with E-state index in [9.17, 15) is 4.79 Å². The Morgan fingerprint density at radius 1 is 1.41 bits per heavy atom. The molecule has 90 valence electrons. The highest BCUT2D eigenvalue weighted by atomic mass is 32.1. The van der Waals surface area contributed by atoms with Crippen LogP contribution in [0.3, 0.4) is 0 Å². The fraction of sp³-hybridized carbons (Fsp3) is 0.385. The van der Waals surface area contributed by atoms with E-state index in [1.807, 2.05) is 26.0 Å². The Bertz CT molecular complexity index is 420. The number of carbonyl (C=O) groups excluding carboxylic acids is 1. The molecule has 0 saturated heterocycles. The van der Waals surface area contributed by atoms with Crippen molar-refractivity contribution in [3.05, 3.63) is 35.4 Å². The molecule has 17 heavy (non-hydrogen) atoms. The van der Waals surface area contributed by atoms with E-state index in [1.54, 1.807) is 12.1 Å². The monoisotopic (exact) mass is 248 g/mol. The number of hydrogen-bond acceptors (Lipinski definition) is 3. The molecule has 1 unspecified atom stereocenters. The van der Waals surface area contributed by atoms with Crippen LogP contribution in [0.5, 0.6) is 0 Å². The van der Waals surface area contributed by atoms with Crippen molar-refractivity contribution in [2.75, 3.05) is 0 Å². The van der Waals surface area contributed by atoms with E-state index in [1.165, 1.54) is 0 Å². The maximum Gasteiger partial charge on any atom is 0.233 e. The van der Waals surface area contributed by atoms with Crippen LogP contribution in [0.15, 0.2) is 24.3 Å². The van der Waals surface area contributed by atoms with E-state index in [0.717, 1.165) is 5.56 Å². The molecule has 1 N–H and O–H groups in total. The second kappa shape index (κ2) is 6.31. The van der Waals surface area contributed by atoms with Gasteiger partial charge >= 0.3 is 0 Å². The highest BCUT2D eigenvalue weighted by Crippen LogP contribution is 2.09. The van der Waals surface area contributed by atoms with Gasteiger partial charge in [-0.3, -0.25) is 4.79 Å². The van der Waals surface area contributed by atoms with Crippen molar-refractivity contribution in [2.45, 2.75) is 25.6 Å². The fourth-order valence-corrected chi connectivity index (χ4v) is 1.38. The van der Waals surface area contributed by atoms with Gasteiger partial charge in [-0.05, 0) is 23.6 Å². The van der Waals surface area contributed by atoms with Gasteiger partial charge in [-0.15, -0.1) is 0 Å². The summed E-state index contributed by atoms with van der Waals surface area (Å²) in [5.41, 5.74) is 1.59. The summed E-state index contributed by atoms with van der Waals surface area (Å²) in [6.45, 7) is 4.38. The third kappa shape index (κ3) is 4.12. The van der Waals surface area contributed by atoms with E-state index < -0.39 is 0 Å². The normalized spacial score (nSPS) is 11.9. The van der Waals surface area contributed by atoms with E-state index >= 15 is 0 Å². The predicted molar refractivity (Wildman–Crippen MR) is 70.6 cm³/mol. The van der Waals surface area contributed by atoms with Crippen LogP contribution < -0.4 is 5.32 Å². The number of hydrogen-bond donors (Lipinski definition) is 2. The third-order valence-corrected chi connectivity index (χ3v) is 3.28. The highest BCUT2D eigenvalue weighted by molar-refractivity contribution is 7.81. The van der Waals surface area contributed by atoms with Gasteiger partial charge in [0.1, 0.15) is 0 Å². The maximum absolute atomic E-state index is 11.6. The van der Waals surface area contributed by atoms with Crippen LogP contribution in [-0.4, -0.2) is 11.2 Å². The molecule has 0 aliphatic heterocycles. The van der Waals surface area contributed by atoms with Gasteiger partial charge in [0.05, 0.1) is 16.9 Å². The first-order valence-corrected chi connectivity index (χ1v) is 6.01. The average molecular weight is 248 g/mol. The minimum atomic E-state index is -0.284. The van der Waals surface area contributed by atoms with E-state index in [0.29, 0.717) is 12.1 Å². The largest absolute Gasteiger partial charge is 0.351 e. The summed E-state index contributed by atoms with van der Waals surface area (Å²) in [5.74, 6) is 0.145. The third-order valence-electron chi connectivity index (χ3n) is 2.45. The first-order chi connectivity index (χ1) is 8.04. The summed E-state index contributed by atoms with van der Waals surface area (Å²) < 4.78 is 0. The van der Waals surface area contributed by atoms with Gasteiger partial charge in [-0.1, -0.05) is 26.0 Å². The summed E-state index contributed by atoms with van der Waals surface area (Å²) in [7, 11) is 0. The van der Waals surface area contributed by atoms with Crippen LogP contribution in [0.2, 0.25) is 0 Å². The van der Waals surface area contributed by atoms with Gasteiger partial charge in [0.15, 0.2) is 0 Å². The van der Waals surface area contributed by atoms with E-state index in [-0.39, 0.29) is 17.1 Å². The van der Waals surface area contributed by atoms with Crippen molar-refractivity contribution in [2.24, 2.45) is 5.92 Å². The summed E-state index contributed by atoms with van der Waals surface area (Å²) in [5, 5.41) is 11.2. The molecule has 3 nitrogen and oxygen atoms in total. The van der Waals surface area contributed by atoms with Crippen LogP contribution in [0.25, 0.3) is 0 Å². The van der Waals surface area contributed by atoms with Crippen molar-refractivity contribution in [3.8, 4) is 6.07 Å². The van der Waals surface area contributed by atoms with Crippen LogP contribution in [-0.2, 0) is 11.3 Å². The van der Waals surface area contributed by atoms with Gasteiger partial charge in [0.2, 0.25) is 5.91 Å². The minimum Gasteiger partial charge on any atom is -0.351 e. The molecule has 1 aromatic carbocycles. The Morgan fingerprint density at radius 3 is 2.47 bits per heavy atom. The summed E-state index contributed by atoms with van der Waals surface area (Å²) in [6.07, 6.45) is 0. The minimum absolute atomic E-state index is 0.0623. The molecule has 0 aromatic heterocycles. The van der Waals surface area contributed by atoms with Gasteiger partial charge in [0, 0.05) is 6.54 Å². The molecule has 1 amide bonds.